The molecule has 4 rings (SSSR count). The molecule has 0 atom stereocenters. The summed E-state index contributed by atoms with van der Waals surface area (Å²) in [7, 11) is 0. The quantitative estimate of drug-likeness (QED) is 0.447. The Bertz CT molecular complexity index is 1260. The van der Waals surface area contributed by atoms with Crippen molar-refractivity contribution in [3.63, 3.8) is 0 Å². The van der Waals surface area contributed by atoms with Crippen LogP contribution in [0.3, 0.4) is 0 Å². The average Bonchev–Trinajstić information content (AvgIpc) is 3.37. The highest BCUT2D eigenvalue weighted by Crippen LogP contribution is 2.24. The molecule has 0 spiro atoms. The van der Waals surface area contributed by atoms with Crippen LogP contribution in [-0.2, 0) is 13.2 Å². The van der Waals surface area contributed by atoms with E-state index in [1.807, 2.05) is 44.2 Å². The molecule has 0 bridgehead atoms. The summed E-state index contributed by atoms with van der Waals surface area (Å²) in [6, 6.07) is 14.0. The second kappa shape index (κ2) is 9.09. The number of carbonyl (C=O) groups is 1. The summed E-state index contributed by atoms with van der Waals surface area (Å²) >= 11 is 0. The number of aryl methyl sites for hydroxylation is 3. The maximum Gasteiger partial charge on any atom is 0.278 e. The Labute approximate surface area is 187 Å². The number of nitrogens with zero attached hydrogens (tertiary/aromatic N) is 3. The van der Waals surface area contributed by atoms with Crippen LogP contribution in [0.5, 0.6) is 5.75 Å². The summed E-state index contributed by atoms with van der Waals surface area (Å²) in [6.07, 6.45) is 3.42. The average molecular weight is 431 g/mol. The van der Waals surface area contributed by atoms with Gasteiger partial charge in [0.2, 0.25) is 0 Å². The molecule has 2 aromatic carbocycles. The van der Waals surface area contributed by atoms with Crippen LogP contribution in [0.15, 0.2) is 59.4 Å². The third-order valence-electron chi connectivity index (χ3n) is 5.61. The van der Waals surface area contributed by atoms with Crippen LogP contribution in [0.4, 0.5) is 5.69 Å². The summed E-state index contributed by atoms with van der Waals surface area (Å²) < 4.78 is 13.0. The van der Waals surface area contributed by atoms with Crippen LogP contribution < -0.4 is 10.1 Å². The molecule has 0 fully saturated rings. The highest BCUT2D eigenvalue weighted by Gasteiger charge is 2.21. The van der Waals surface area contributed by atoms with E-state index in [9.17, 15) is 4.79 Å². The van der Waals surface area contributed by atoms with E-state index in [4.69, 9.17) is 9.26 Å². The smallest absolute Gasteiger partial charge is 0.278 e. The number of nitrogens with one attached hydrogen (secondary N) is 1. The molecule has 4 aromatic rings. The zero-order valence-corrected chi connectivity index (χ0v) is 18.7. The van der Waals surface area contributed by atoms with Crippen LogP contribution >= 0.6 is 0 Å². The number of aromatic nitrogens is 3. The van der Waals surface area contributed by atoms with Crippen LogP contribution in [0.25, 0.3) is 0 Å². The maximum absolute atomic E-state index is 12.9. The molecule has 0 saturated heterocycles. The number of ether oxygens (including phenoxy) is 1. The second-order valence-corrected chi connectivity index (χ2v) is 7.86. The van der Waals surface area contributed by atoms with Crippen molar-refractivity contribution in [3.05, 3.63) is 94.1 Å². The molecule has 164 valence electrons. The minimum Gasteiger partial charge on any atom is -0.488 e. The van der Waals surface area contributed by atoms with Gasteiger partial charge in [-0.3, -0.25) is 9.48 Å². The van der Waals surface area contributed by atoms with Gasteiger partial charge in [0.15, 0.2) is 5.69 Å². The third-order valence-corrected chi connectivity index (χ3v) is 5.61. The van der Waals surface area contributed by atoms with Crippen LogP contribution in [0, 0.1) is 27.7 Å². The number of rotatable bonds is 7. The molecule has 1 N–H and O–H groups in total. The molecule has 0 unspecified atom stereocenters. The van der Waals surface area contributed by atoms with E-state index in [0.29, 0.717) is 23.6 Å². The van der Waals surface area contributed by atoms with Crippen molar-refractivity contribution in [2.75, 3.05) is 5.32 Å². The van der Waals surface area contributed by atoms with E-state index in [1.54, 1.807) is 24.0 Å². The summed E-state index contributed by atoms with van der Waals surface area (Å²) in [6.45, 7) is 8.69. The lowest BCUT2D eigenvalue weighted by Gasteiger charge is -2.11. The number of hydrogen-bond acceptors (Lipinski definition) is 5. The summed E-state index contributed by atoms with van der Waals surface area (Å²) in [5.74, 6) is 0.960. The van der Waals surface area contributed by atoms with Gasteiger partial charge in [-0.1, -0.05) is 41.6 Å². The largest absolute Gasteiger partial charge is 0.488 e. The molecular formula is C25H26N4O3. The first-order chi connectivity index (χ1) is 15.4. The van der Waals surface area contributed by atoms with Crippen molar-refractivity contribution >= 4 is 11.6 Å². The van der Waals surface area contributed by atoms with Crippen LogP contribution in [-0.4, -0.2) is 20.8 Å². The van der Waals surface area contributed by atoms with Gasteiger partial charge in [0.25, 0.3) is 5.91 Å². The SMILES string of the molecule is Cc1ccccc1Cn1cc(NC(=O)c2noc(C)c2COc2cccc(C)c2C)cn1. The topological polar surface area (TPSA) is 82.2 Å². The predicted octanol–water partition coefficient (Wildman–Crippen LogP) is 4.98. The molecule has 32 heavy (non-hydrogen) atoms. The van der Waals surface area contributed by atoms with Crippen molar-refractivity contribution in [2.24, 2.45) is 0 Å². The van der Waals surface area contributed by atoms with Gasteiger partial charge in [0.05, 0.1) is 24.0 Å². The first kappa shape index (κ1) is 21.4. The fraction of sp³-hybridized carbons (Fsp3) is 0.240. The van der Waals surface area contributed by atoms with Crippen molar-refractivity contribution in [3.8, 4) is 5.75 Å². The minimum atomic E-state index is -0.364. The van der Waals surface area contributed by atoms with Crippen molar-refractivity contribution in [1.82, 2.24) is 14.9 Å². The zero-order chi connectivity index (χ0) is 22.7. The highest BCUT2D eigenvalue weighted by atomic mass is 16.5. The first-order valence-corrected chi connectivity index (χ1v) is 10.4. The highest BCUT2D eigenvalue weighted by molar-refractivity contribution is 6.03. The van der Waals surface area contributed by atoms with Crippen molar-refractivity contribution < 1.29 is 14.1 Å². The molecule has 0 aliphatic rings. The molecule has 2 aromatic heterocycles. The Morgan fingerprint density at radius 1 is 1.06 bits per heavy atom. The lowest BCUT2D eigenvalue weighted by Crippen LogP contribution is -2.15. The molecule has 2 heterocycles. The molecule has 1 amide bonds. The summed E-state index contributed by atoms with van der Waals surface area (Å²) in [5.41, 5.74) is 5.99. The Morgan fingerprint density at radius 3 is 2.66 bits per heavy atom. The lowest BCUT2D eigenvalue weighted by atomic mass is 10.1. The molecule has 0 saturated carbocycles. The monoisotopic (exact) mass is 430 g/mol. The fourth-order valence-corrected chi connectivity index (χ4v) is 3.44. The summed E-state index contributed by atoms with van der Waals surface area (Å²) in [5, 5.41) is 11.2. The number of benzene rings is 2. The Kier molecular flexibility index (Phi) is 6.07. The summed E-state index contributed by atoms with van der Waals surface area (Å²) in [4.78, 5) is 12.9. The van der Waals surface area contributed by atoms with Gasteiger partial charge in [-0.15, -0.1) is 0 Å². The number of amides is 1. The van der Waals surface area contributed by atoms with E-state index in [1.165, 1.54) is 11.1 Å². The van der Waals surface area contributed by atoms with Crippen LogP contribution in [0.2, 0.25) is 0 Å². The first-order valence-electron chi connectivity index (χ1n) is 10.4. The zero-order valence-electron chi connectivity index (χ0n) is 18.7. The number of anilines is 1. The van der Waals surface area contributed by atoms with E-state index in [-0.39, 0.29) is 18.2 Å². The molecule has 0 radical (unpaired) electrons. The Morgan fingerprint density at radius 2 is 1.84 bits per heavy atom. The standard InChI is InChI=1S/C25H26N4O3/c1-16-9-7-11-23(18(16)3)31-15-22-19(4)32-28-24(22)25(30)27-21-12-26-29(14-21)13-20-10-6-5-8-17(20)2/h5-12,14H,13,15H2,1-4H3,(H,27,30). The third kappa shape index (κ3) is 4.56. The van der Waals surface area contributed by atoms with Gasteiger partial charge in [0.1, 0.15) is 18.1 Å². The van der Waals surface area contributed by atoms with Gasteiger partial charge in [-0.05, 0) is 56.0 Å². The lowest BCUT2D eigenvalue weighted by molar-refractivity contribution is 0.101. The van der Waals surface area contributed by atoms with Gasteiger partial charge >= 0.3 is 0 Å². The Balaban J connectivity index is 1.45. The molecular weight excluding hydrogens is 404 g/mol. The van der Waals surface area contributed by atoms with E-state index in [0.717, 1.165) is 16.9 Å². The van der Waals surface area contributed by atoms with E-state index >= 15 is 0 Å². The van der Waals surface area contributed by atoms with Gasteiger partial charge in [-0.25, -0.2) is 0 Å². The molecule has 7 nitrogen and oxygen atoms in total. The number of carbonyl (C=O) groups excluding carboxylic acids is 1. The van der Waals surface area contributed by atoms with Crippen LogP contribution in [0.1, 0.15) is 44.1 Å². The van der Waals surface area contributed by atoms with Crippen molar-refractivity contribution in [1.29, 1.82) is 0 Å². The van der Waals surface area contributed by atoms with Crippen molar-refractivity contribution in [2.45, 2.75) is 40.8 Å². The fourth-order valence-electron chi connectivity index (χ4n) is 3.44. The number of hydrogen-bond donors (Lipinski definition) is 1. The minimum absolute atomic E-state index is 0.189. The van der Waals surface area contributed by atoms with Gasteiger partial charge in [-0.2, -0.15) is 5.10 Å². The molecule has 0 aliphatic heterocycles. The normalized spacial score (nSPS) is 10.9. The predicted molar refractivity (Wildman–Crippen MR) is 122 cm³/mol. The second-order valence-electron chi connectivity index (χ2n) is 7.86. The molecule has 7 heteroatoms. The maximum atomic E-state index is 12.9. The molecule has 0 aliphatic carbocycles. The van der Waals surface area contributed by atoms with Gasteiger partial charge < -0.3 is 14.6 Å². The van der Waals surface area contributed by atoms with E-state index in [2.05, 4.69) is 34.6 Å². The van der Waals surface area contributed by atoms with E-state index < -0.39 is 0 Å². The van der Waals surface area contributed by atoms with Gasteiger partial charge in [0, 0.05) is 6.20 Å². The Hall–Kier alpha value is -3.87.